The molecule has 0 aliphatic heterocycles. The van der Waals surface area contributed by atoms with E-state index in [4.69, 9.17) is 11.6 Å². The number of hydrogen-bond acceptors (Lipinski definition) is 4. The van der Waals surface area contributed by atoms with E-state index in [1.807, 2.05) is 31.3 Å². The summed E-state index contributed by atoms with van der Waals surface area (Å²) in [6, 6.07) is 7.91. The molecule has 0 aliphatic carbocycles. The van der Waals surface area contributed by atoms with Crippen LogP contribution in [0.25, 0.3) is 11.0 Å². The van der Waals surface area contributed by atoms with Crippen LogP contribution in [0.2, 0.25) is 5.02 Å². The van der Waals surface area contributed by atoms with Gasteiger partial charge in [0.15, 0.2) is 5.65 Å². The lowest BCUT2D eigenvalue weighted by molar-refractivity contribution is 0.247. The van der Waals surface area contributed by atoms with E-state index in [1.54, 1.807) is 11.7 Å². The number of halogens is 1. The third-order valence-corrected chi connectivity index (χ3v) is 4.28. The minimum absolute atomic E-state index is 0.140. The van der Waals surface area contributed by atoms with Crippen LogP contribution in [0, 0.1) is 0 Å². The first-order valence-corrected chi connectivity index (χ1v) is 7.70. The maximum atomic E-state index is 12.1. The Hall–Kier alpha value is -2.18. The molecule has 120 valence electrons. The van der Waals surface area contributed by atoms with Crippen LogP contribution in [0.15, 0.2) is 35.3 Å². The van der Waals surface area contributed by atoms with E-state index in [0.29, 0.717) is 28.4 Å². The molecule has 0 radical (unpaired) electrons. The van der Waals surface area contributed by atoms with E-state index in [-0.39, 0.29) is 11.6 Å². The van der Waals surface area contributed by atoms with Crippen molar-refractivity contribution in [3.63, 3.8) is 0 Å². The van der Waals surface area contributed by atoms with Crippen molar-refractivity contribution < 1.29 is 0 Å². The molecule has 1 aromatic carbocycles. The van der Waals surface area contributed by atoms with E-state index >= 15 is 0 Å². The van der Waals surface area contributed by atoms with Gasteiger partial charge in [0.1, 0.15) is 11.2 Å². The Labute approximate surface area is 138 Å². The average Bonchev–Trinajstić information content (AvgIpc) is 2.88. The molecule has 0 bridgehead atoms. The molecule has 0 saturated carbocycles. The first-order chi connectivity index (χ1) is 11.0. The third-order valence-electron chi connectivity index (χ3n) is 4.04. The van der Waals surface area contributed by atoms with Crippen LogP contribution in [-0.4, -0.2) is 31.7 Å². The van der Waals surface area contributed by atoms with Gasteiger partial charge in [-0.15, -0.1) is 0 Å². The quantitative estimate of drug-likeness (QED) is 0.797. The Morgan fingerprint density at radius 1 is 1.43 bits per heavy atom. The van der Waals surface area contributed by atoms with E-state index in [2.05, 4.69) is 26.9 Å². The van der Waals surface area contributed by atoms with Crippen molar-refractivity contribution >= 4 is 22.6 Å². The van der Waals surface area contributed by atoms with Crippen LogP contribution in [-0.2, 0) is 13.6 Å². The number of rotatable bonds is 4. The predicted molar refractivity (Wildman–Crippen MR) is 90.5 cm³/mol. The number of aryl methyl sites for hydroxylation is 1. The molecule has 0 fully saturated rings. The van der Waals surface area contributed by atoms with Crippen LogP contribution in [0.5, 0.6) is 0 Å². The van der Waals surface area contributed by atoms with Gasteiger partial charge >= 0.3 is 0 Å². The van der Waals surface area contributed by atoms with Crippen molar-refractivity contribution in [2.75, 3.05) is 7.05 Å². The molecule has 0 unspecified atom stereocenters. The molecule has 3 rings (SSSR count). The maximum Gasteiger partial charge on any atom is 0.262 e. The second kappa shape index (κ2) is 6.14. The summed E-state index contributed by atoms with van der Waals surface area (Å²) in [5.41, 5.74) is 1.54. The minimum Gasteiger partial charge on any atom is -0.309 e. The highest BCUT2D eigenvalue weighted by atomic mass is 35.5. The zero-order valence-corrected chi connectivity index (χ0v) is 14.0. The summed E-state index contributed by atoms with van der Waals surface area (Å²) in [5, 5.41) is 5.29. The van der Waals surface area contributed by atoms with Gasteiger partial charge in [0.2, 0.25) is 0 Å². The summed E-state index contributed by atoms with van der Waals surface area (Å²) < 4.78 is 1.61. The zero-order valence-electron chi connectivity index (χ0n) is 13.2. The first-order valence-electron chi connectivity index (χ1n) is 7.32. The van der Waals surface area contributed by atoms with Gasteiger partial charge in [-0.3, -0.25) is 14.4 Å². The topological polar surface area (TPSA) is 66.8 Å². The van der Waals surface area contributed by atoms with E-state index in [9.17, 15) is 4.79 Å². The summed E-state index contributed by atoms with van der Waals surface area (Å²) in [6.45, 7) is 2.61. The summed E-state index contributed by atoms with van der Waals surface area (Å²) in [4.78, 5) is 21.5. The Kier molecular flexibility index (Phi) is 4.19. The Morgan fingerprint density at radius 2 is 2.22 bits per heavy atom. The highest BCUT2D eigenvalue weighted by molar-refractivity contribution is 6.30. The molecule has 3 aromatic rings. The monoisotopic (exact) mass is 331 g/mol. The fraction of sp³-hybridized carbons (Fsp3) is 0.312. The maximum absolute atomic E-state index is 12.1. The van der Waals surface area contributed by atoms with Crippen LogP contribution in [0.4, 0.5) is 0 Å². The molecular formula is C16H18ClN5O. The summed E-state index contributed by atoms with van der Waals surface area (Å²) >= 11 is 6.06. The van der Waals surface area contributed by atoms with Gasteiger partial charge in [0, 0.05) is 18.1 Å². The van der Waals surface area contributed by atoms with Crippen molar-refractivity contribution in [1.29, 1.82) is 0 Å². The van der Waals surface area contributed by atoms with Crippen LogP contribution in [0.1, 0.15) is 24.4 Å². The third kappa shape index (κ3) is 3.13. The molecule has 0 saturated heterocycles. The Morgan fingerprint density at radius 3 is 2.96 bits per heavy atom. The molecule has 1 N–H and O–H groups in total. The number of nitrogens with zero attached hydrogens (tertiary/aromatic N) is 4. The standard InChI is InChI=1S/C16H18ClN5O/c1-10(11-5-4-6-12(17)7-11)21(2)9-14-19-15-13(16(23)20-14)8-18-22(15)3/h4-8,10H,9H2,1-3H3,(H,19,20,23)/t10-/m0/s1. The molecule has 6 nitrogen and oxygen atoms in total. The molecule has 2 aromatic heterocycles. The summed E-state index contributed by atoms with van der Waals surface area (Å²) in [7, 11) is 3.76. The molecule has 0 amide bonds. The number of aromatic amines is 1. The normalized spacial score (nSPS) is 12.9. The van der Waals surface area contributed by atoms with E-state index < -0.39 is 0 Å². The fourth-order valence-corrected chi connectivity index (χ4v) is 2.75. The van der Waals surface area contributed by atoms with Crippen molar-refractivity contribution in [2.24, 2.45) is 7.05 Å². The van der Waals surface area contributed by atoms with Crippen molar-refractivity contribution in [3.05, 3.63) is 57.2 Å². The van der Waals surface area contributed by atoms with Crippen LogP contribution < -0.4 is 5.56 Å². The van der Waals surface area contributed by atoms with Crippen molar-refractivity contribution in [1.82, 2.24) is 24.6 Å². The molecule has 2 heterocycles. The Balaban J connectivity index is 1.86. The lowest BCUT2D eigenvalue weighted by atomic mass is 10.1. The predicted octanol–water partition coefficient (Wildman–Crippen LogP) is 2.50. The smallest absolute Gasteiger partial charge is 0.262 e. The number of benzene rings is 1. The van der Waals surface area contributed by atoms with Gasteiger partial charge < -0.3 is 4.98 Å². The molecule has 7 heteroatoms. The number of nitrogens with one attached hydrogen (secondary N) is 1. The summed E-state index contributed by atoms with van der Waals surface area (Å²) in [6.07, 6.45) is 1.53. The van der Waals surface area contributed by atoms with Crippen molar-refractivity contribution in [2.45, 2.75) is 19.5 Å². The SMILES string of the molecule is C[C@@H](c1cccc(Cl)c1)N(C)Cc1nc2c(cnn2C)c(=O)[nH]1. The molecule has 23 heavy (non-hydrogen) atoms. The van der Waals surface area contributed by atoms with Gasteiger partial charge in [0.25, 0.3) is 5.56 Å². The average molecular weight is 332 g/mol. The highest BCUT2D eigenvalue weighted by Gasteiger charge is 2.15. The number of fused-ring (bicyclic) bond motifs is 1. The van der Waals surface area contributed by atoms with Gasteiger partial charge in [-0.1, -0.05) is 23.7 Å². The van der Waals surface area contributed by atoms with Crippen molar-refractivity contribution in [3.8, 4) is 0 Å². The molecule has 0 aliphatic rings. The van der Waals surface area contributed by atoms with E-state index in [0.717, 1.165) is 5.56 Å². The fourth-order valence-electron chi connectivity index (χ4n) is 2.55. The Bertz CT molecular complexity index is 901. The highest BCUT2D eigenvalue weighted by Crippen LogP contribution is 2.22. The largest absolute Gasteiger partial charge is 0.309 e. The van der Waals surface area contributed by atoms with E-state index in [1.165, 1.54) is 6.20 Å². The molecule has 1 atom stereocenters. The minimum atomic E-state index is -0.165. The lowest BCUT2D eigenvalue weighted by Gasteiger charge is -2.24. The first kappa shape index (κ1) is 15.7. The number of H-pyrrole nitrogens is 1. The van der Waals surface area contributed by atoms with Gasteiger partial charge in [0.05, 0.1) is 12.7 Å². The molecular weight excluding hydrogens is 314 g/mol. The second-order valence-electron chi connectivity index (χ2n) is 5.66. The van der Waals surface area contributed by atoms with Gasteiger partial charge in [-0.25, -0.2) is 4.98 Å². The van der Waals surface area contributed by atoms with Crippen LogP contribution >= 0.6 is 11.6 Å². The second-order valence-corrected chi connectivity index (χ2v) is 6.10. The van der Waals surface area contributed by atoms with Gasteiger partial charge in [-0.2, -0.15) is 5.10 Å². The number of aromatic nitrogens is 4. The lowest BCUT2D eigenvalue weighted by Crippen LogP contribution is -2.25. The summed E-state index contributed by atoms with van der Waals surface area (Å²) in [5.74, 6) is 0.613. The zero-order chi connectivity index (χ0) is 16.6. The number of hydrogen-bond donors (Lipinski definition) is 1. The molecule has 0 spiro atoms. The van der Waals surface area contributed by atoms with Crippen LogP contribution in [0.3, 0.4) is 0 Å². The van der Waals surface area contributed by atoms with Gasteiger partial charge in [-0.05, 0) is 31.7 Å².